The van der Waals surface area contributed by atoms with Crippen LogP contribution < -0.4 is 10.6 Å². The summed E-state index contributed by atoms with van der Waals surface area (Å²) in [5.41, 5.74) is 1.25. The van der Waals surface area contributed by atoms with Crippen molar-refractivity contribution in [3.8, 4) is 0 Å². The van der Waals surface area contributed by atoms with Gasteiger partial charge in [-0.2, -0.15) is 0 Å². The van der Waals surface area contributed by atoms with Crippen LogP contribution in [0.2, 0.25) is 0 Å². The standard InChI is InChI=1S/C16H23N3O2S/c1-19(2)14(10-18-16(20)17-8-9-21-3)13-11-22-15-7-5-4-6-12(13)15/h4-7,11,14H,8-10H2,1-3H3,(H2,17,18,20)/t14-/m0/s1. The van der Waals surface area contributed by atoms with Crippen LogP contribution in [0.4, 0.5) is 4.79 Å². The number of likely N-dealkylation sites (N-methyl/N-ethyl adjacent to an activating group) is 1. The molecule has 2 rings (SSSR count). The zero-order chi connectivity index (χ0) is 15.9. The van der Waals surface area contributed by atoms with Gasteiger partial charge in [0.05, 0.1) is 12.6 Å². The van der Waals surface area contributed by atoms with E-state index in [0.717, 1.165) is 0 Å². The van der Waals surface area contributed by atoms with E-state index in [1.165, 1.54) is 15.6 Å². The molecular weight excluding hydrogens is 298 g/mol. The minimum atomic E-state index is -0.163. The van der Waals surface area contributed by atoms with Gasteiger partial charge >= 0.3 is 6.03 Å². The van der Waals surface area contributed by atoms with Crippen molar-refractivity contribution in [2.75, 3.05) is 40.9 Å². The van der Waals surface area contributed by atoms with E-state index in [1.54, 1.807) is 18.4 Å². The molecule has 0 aliphatic rings. The van der Waals surface area contributed by atoms with E-state index >= 15 is 0 Å². The van der Waals surface area contributed by atoms with Gasteiger partial charge in [0.2, 0.25) is 0 Å². The summed E-state index contributed by atoms with van der Waals surface area (Å²) in [6.07, 6.45) is 0. The number of hydrogen-bond acceptors (Lipinski definition) is 4. The number of nitrogens with zero attached hydrogens (tertiary/aromatic N) is 1. The maximum atomic E-state index is 11.8. The first-order chi connectivity index (χ1) is 10.6. The zero-order valence-corrected chi connectivity index (χ0v) is 14.1. The zero-order valence-electron chi connectivity index (χ0n) is 13.3. The Bertz CT molecular complexity index is 612. The first kappa shape index (κ1) is 16.7. The number of nitrogens with one attached hydrogen (secondary N) is 2. The highest BCUT2D eigenvalue weighted by atomic mass is 32.1. The van der Waals surface area contributed by atoms with Crippen LogP contribution in [0.3, 0.4) is 0 Å². The van der Waals surface area contributed by atoms with Crippen molar-refractivity contribution in [1.29, 1.82) is 0 Å². The number of methoxy groups -OCH3 is 1. The van der Waals surface area contributed by atoms with Crippen molar-refractivity contribution in [2.45, 2.75) is 6.04 Å². The number of benzene rings is 1. The predicted molar refractivity (Wildman–Crippen MR) is 91.5 cm³/mol. The minimum Gasteiger partial charge on any atom is -0.383 e. The molecule has 1 aromatic carbocycles. The lowest BCUT2D eigenvalue weighted by molar-refractivity contribution is 0.194. The number of fused-ring (bicyclic) bond motifs is 1. The van der Waals surface area contributed by atoms with Crippen molar-refractivity contribution < 1.29 is 9.53 Å². The van der Waals surface area contributed by atoms with Crippen LogP contribution >= 0.6 is 11.3 Å². The summed E-state index contributed by atoms with van der Waals surface area (Å²) in [5, 5.41) is 9.14. The fraction of sp³-hybridized carbons (Fsp3) is 0.438. The molecule has 2 aromatic rings. The van der Waals surface area contributed by atoms with Crippen molar-refractivity contribution >= 4 is 27.5 Å². The van der Waals surface area contributed by atoms with Crippen molar-refractivity contribution in [1.82, 2.24) is 15.5 Å². The van der Waals surface area contributed by atoms with Crippen LogP contribution in [-0.4, -0.2) is 51.8 Å². The van der Waals surface area contributed by atoms with Crippen molar-refractivity contribution in [3.05, 3.63) is 35.2 Å². The fourth-order valence-electron chi connectivity index (χ4n) is 2.35. The van der Waals surface area contributed by atoms with Crippen LogP contribution in [0.1, 0.15) is 11.6 Å². The van der Waals surface area contributed by atoms with Crippen molar-refractivity contribution in [3.63, 3.8) is 0 Å². The molecule has 5 nitrogen and oxygen atoms in total. The Labute approximate surface area is 135 Å². The molecule has 0 bridgehead atoms. The van der Waals surface area contributed by atoms with Gasteiger partial charge < -0.3 is 20.3 Å². The molecule has 1 aromatic heterocycles. The molecule has 0 aliphatic heterocycles. The number of urea groups is 1. The Morgan fingerprint density at radius 3 is 2.82 bits per heavy atom. The number of hydrogen-bond donors (Lipinski definition) is 2. The first-order valence-electron chi connectivity index (χ1n) is 7.26. The number of carbonyl (C=O) groups excluding carboxylic acids is 1. The molecule has 1 atom stereocenters. The highest BCUT2D eigenvalue weighted by Gasteiger charge is 2.18. The molecule has 6 heteroatoms. The largest absolute Gasteiger partial charge is 0.383 e. The van der Waals surface area contributed by atoms with Gasteiger partial charge in [-0.1, -0.05) is 18.2 Å². The molecule has 1 heterocycles. The van der Waals surface area contributed by atoms with Gasteiger partial charge in [-0.25, -0.2) is 4.79 Å². The maximum Gasteiger partial charge on any atom is 0.314 e. The first-order valence-corrected chi connectivity index (χ1v) is 8.14. The fourth-order valence-corrected chi connectivity index (χ4v) is 3.35. The van der Waals surface area contributed by atoms with E-state index < -0.39 is 0 Å². The van der Waals surface area contributed by atoms with E-state index in [-0.39, 0.29) is 12.1 Å². The lowest BCUT2D eigenvalue weighted by Gasteiger charge is -2.24. The monoisotopic (exact) mass is 321 g/mol. The second-order valence-corrected chi connectivity index (χ2v) is 6.21. The number of ether oxygens (including phenoxy) is 1. The Balaban J connectivity index is 2.03. The Hall–Kier alpha value is -1.63. The summed E-state index contributed by atoms with van der Waals surface area (Å²) in [5.74, 6) is 0. The maximum absolute atomic E-state index is 11.8. The highest BCUT2D eigenvalue weighted by molar-refractivity contribution is 7.17. The van der Waals surface area contributed by atoms with E-state index in [9.17, 15) is 4.79 Å². The van der Waals surface area contributed by atoms with E-state index in [0.29, 0.717) is 19.7 Å². The van der Waals surface area contributed by atoms with Crippen LogP contribution in [0.5, 0.6) is 0 Å². The van der Waals surface area contributed by atoms with Gasteiger partial charge in [0.25, 0.3) is 0 Å². The third-order valence-electron chi connectivity index (χ3n) is 3.54. The second-order valence-electron chi connectivity index (χ2n) is 5.30. The summed E-state index contributed by atoms with van der Waals surface area (Å²) in [6.45, 7) is 1.59. The molecule has 0 radical (unpaired) electrons. The molecule has 2 amide bonds. The van der Waals surface area contributed by atoms with Crippen molar-refractivity contribution in [2.24, 2.45) is 0 Å². The summed E-state index contributed by atoms with van der Waals surface area (Å²) in [6, 6.07) is 8.34. The SMILES string of the molecule is COCCNC(=O)NC[C@@H](c1csc2ccccc12)N(C)C. The quantitative estimate of drug-likeness (QED) is 0.770. The summed E-state index contributed by atoms with van der Waals surface area (Å²) < 4.78 is 6.19. The van der Waals surface area contributed by atoms with E-state index in [4.69, 9.17) is 4.74 Å². The van der Waals surface area contributed by atoms with Gasteiger partial charge in [-0.3, -0.25) is 0 Å². The average molecular weight is 321 g/mol. The predicted octanol–water partition coefficient (Wildman–Crippen LogP) is 2.45. The minimum absolute atomic E-state index is 0.143. The molecule has 0 saturated carbocycles. The molecule has 0 fully saturated rings. The van der Waals surface area contributed by atoms with Gasteiger partial charge in [0.15, 0.2) is 0 Å². The Morgan fingerprint density at radius 1 is 1.32 bits per heavy atom. The normalized spacial score (nSPS) is 12.5. The van der Waals surface area contributed by atoms with Crippen LogP contribution in [0.25, 0.3) is 10.1 Å². The Kier molecular flexibility index (Phi) is 6.18. The summed E-state index contributed by atoms with van der Waals surface area (Å²) in [7, 11) is 5.67. The summed E-state index contributed by atoms with van der Waals surface area (Å²) >= 11 is 1.74. The molecule has 0 unspecified atom stereocenters. The number of amides is 2. The molecular formula is C16H23N3O2S. The number of rotatable bonds is 7. The average Bonchev–Trinajstić information content (AvgIpc) is 2.91. The number of thiophene rings is 1. The molecule has 22 heavy (non-hydrogen) atoms. The van der Waals surface area contributed by atoms with Gasteiger partial charge in [-0.05, 0) is 36.5 Å². The lowest BCUT2D eigenvalue weighted by atomic mass is 10.0. The topological polar surface area (TPSA) is 53.6 Å². The highest BCUT2D eigenvalue weighted by Crippen LogP contribution is 2.31. The summed E-state index contributed by atoms with van der Waals surface area (Å²) in [4.78, 5) is 13.9. The third kappa shape index (κ3) is 4.19. The third-order valence-corrected chi connectivity index (χ3v) is 4.52. The molecule has 120 valence electrons. The van der Waals surface area contributed by atoms with Gasteiger partial charge in [0.1, 0.15) is 0 Å². The van der Waals surface area contributed by atoms with Gasteiger partial charge in [-0.15, -0.1) is 11.3 Å². The van der Waals surface area contributed by atoms with Gasteiger partial charge in [0, 0.05) is 24.9 Å². The number of carbonyl (C=O) groups is 1. The second kappa shape index (κ2) is 8.12. The lowest BCUT2D eigenvalue weighted by Crippen LogP contribution is -2.41. The Morgan fingerprint density at radius 2 is 2.09 bits per heavy atom. The molecule has 2 N–H and O–H groups in total. The van der Waals surface area contributed by atoms with Crippen LogP contribution in [-0.2, 0) is 4.74 Å². The van der Waals surface area contributed by atoms with E-state index in [1.807, 2.05) is 14.1 Å². The van der Waals surface area contributed by atoms with E-state index in [2.05, 4.69) is 45.2 Å². The van der Waals surface area contributed by atoms with Crippen LogP contribution in [0, 0.1) is 0 Å². The smallest absolute Gasteiger partial charge is 0.314 e. The molecule has 0 aliphatic carbocycles. The van der Waals surface area contributed by atoms with Crippen LogP contribution in [0.15, 0.2) is 29.6 Å². The molecule has 0 saturated heterocycles. The molecule has 0 spiro atoms.